The number of benzene rings is 3. The van der Waals surface area contributed by atoms with E-state index >= 15 is 0 Å². The summed E-state index contributed by atoms with van der Waals surface area (Å²) in [5.74, 6) is -1.58. The first kappa shape index (κ1) is 29.4. The molecule has 0 aliphatic heterocycles. The maximum Gasteiger partial charge on any atom is 0.264 e. The summed E-state index contributed by atoms with van der Waals surface area (Å²) < 4.78 is 41.9. The zero-order valence-electron chi connectivity index (χ0n) is 20.9. The van der Waals surface area contributed by atoms with Gasteiger partial charge >= 0.3 is 0 Å². The van der Waals surface area contributed by atoms with Crippen LogP contribution >= 0.6 is 23.2 Å². The van der Waals surface area contributed by atoms with Gasteiger partial charge in [-0.1, -0.05) is 54.4 Å². The van der Waals surface area contributed by atoms with Crippen molar-refractivity contribution in [3.63, 3.8) is 0 Å². The topological polar surface area (TPSA) is 86.8 Å². The van der Waals surface area contributed by atoms with Crippen LogP contribution in [0.5, 0.6) is 0 Å². The van der Waals surface area contributed by atoms with Crippen LogP contribution in [0, 0.1) is 5.82 Å². The summed E-state index contributed by atoms with van der Waals surface area (Å²) >= 11 is 12.4. The predicted octanol–water partition coefficient (Wildman–Crippen LogP) is 5.27. The molecule has 0 aromatic heterocycles. The van der Waals surface area contributed by atoms with Crippen molar-refractivity contribution in [2.45, 2.75) is 37.8 Å². The van der Waals surface area contributed by atoms with Crippen molar-refractivity contribution in [3.8, 4) is 0 Å². The number of carbonyl (C=O) groups is 2. The Labute approximate surface area is 232 Å². The third-order valence-electron chi connectivity index (χ3n) is 5.82. The van der Waals surface area contributed by atoms with Gasteiger partial charge in [0.25, 0.3) is 10.0 Å². The van der Waals surface area contributed by atoms with Crippen LogP contribution < -0.4 is 9.62 Å². The van der Waals surface area contributed by atoms with E-state index in [4.69, 9.17) is 23.2 Å². The van der Waals surface area contributed by atoms with Crippen molar-refractivity contribution in [1.82, 2.24) is 10.2 Å². The minimum atomic E-state index is -4.23. The number of sulfonamides is 1. The van der Waals surface area contributed by atoms with Gasteiger partial charge in [0, 0.05) is 23.1 Å². The molecule has 38 heavy (non-hydrogen) atoms. The number of hydrogen-bond donors (Lipinski definition) is 1. The van der Waals surface area contributed by atoms with E-state index in [0.29, 0.717) is 22.2 Å². The number of likely N-dealkylation sites (N-methyl/N-ethyl adjacent to an activating group) is 1. The van der Waals surface area contributed by atoms with Crippen molar-refractivity contribution in [2.75, 3.05) is 17.4 Å². The van der Waals surface area contributed by atoms with Gasteiger partial charge in [0.1, 0.15) is 18.4 Å². The van der Waals surface area contributed by atoms with E-state index in [1.807, 2.05) is 0 Å². The number of nitrogens with one attached hydrogen (secondary N) is 1. The number of carbonyl (C=O) groups excluding carboxylic acids is 2. The minimum absolute atomic E-state index is 0.0415. The second kappa shape index (κ2) is 13.1. The molecule has 0 spiro atoms. The minimum Gasteiger partial charge on any atom is -0.355 e. The Morgan fingerprint density at radius 1 is 0.974 bits per heavy atom. The summed E-state index contributed by atoms with van der Waals surface area (Å²) in [6.45, 7) is 3.16. The van der Waals surface area contributed by atoms with E-state index in [0.717, 1.165) is 16.4 Å². The number of nitrogens with zero attached hydrogens (tertiary/aromatic N) is 2. The van der Waals surface area contributed by atoms with E-state index < -0.39 is 34.3 Å². The molecule has 0 heterocycles. The van der Waals surface area contributed by atoms with Gasteiger partial charge in [0.05, 0.1) is 10.6 Å². The molecule has 3 aromatic carbocycles. The van der Waals surface area contributed by atoms with E-state index in [-0.39, 0.29) is 29.5 Å². The molecule has 0 aliphatic rings. The van der Waals surface area contributed by atoms with Crippen LogP contribution in [-0.4, -0.2) is 44.3 Å². The van der Waals surface area contributed by atoms with E-state index in [1.54, 1.807) is 44.2 Å². The average molecular weight is 581 g/mol. The number of rotatable bonds is 11. The molecular weight excluding hydrogens is 552 g/mol. The van der Waals surface area contributed by atoms with Gasteiger partial charge in [-0.2, -0.15) is 0 Å². The van der Waals surface area contributed by atoms with Crippen molar-refractivity contribution < 1.29 is 22.4 Å². The zero-order chi connectivity index (χ0) is 27.9. The molecule has 0 radical (unpaired) electrons. The lowest BCUT2D eigenvalue weighted by Crippen LogP contribution is -2.52. The third kappa shape index (κ3) is 7.03. The third-order valence-corrected chi connectivity index (χ3v) is 8.19. The number of anilines is 1. The van der Waals surface area contributed by atoms with Crippen LogP contribution in [0.3, 0.4) is 0 Å². The van der Waals surface area contributed by atoms with E-state index in [9.17, 15) is 22.4 Å². The largest absolute Gasteiger partial charge is 0.355 e. The molecular formula is C27H28Cl2FN3O4S. The van der Waals surface area contributed by atoms with Crippen molar-refractivity contribution in [1.29, 1.82) is 0 Å². The van der Waals surface area contributed by atoms with E-state index in [1.165, 1.54) is 35.2 Å². The zero-order valence-corrected chi connectivity index (χ0v) is 23.2. The fourth-order valence-corrected chi connectivity index (χ4v) is 5.80. The molecule has 0 bridgehead atoms. The molecule has 0 aliphatic carbocycles. The second-order valence-electron chi connectivity index (χ2n) is 8.38. The molecule has 1 unspecified atom stereocenters. The molecule has 11 heteroatoms. The Hall–Kier alpha value is -3.14. The molecule has 0 saturated carbocycles. The van der Waals surface area contributed by atoms with Crippen LogP contribution in [0.25, 0.3) is 0 Å². The molecule has 0 fully saturated rings. The maximum atomic E-state index is 13.9. The van der Waals surface area contributed by atoms with Crippen molar-refractivity contribution in [2.24, 2.45) is 0 Å². The molecule has 2 amide bonds. The van der Waals surface area contributed by atoms with Crippen LogP contribution in [0.2, 0.25) is 10.0 Å². The van der Waals surface area contributed by atoms with Gasteiger partial charge in [-0.15, -0.1) is 0 Å². The van der Waals surface area contributed by atoms with Crippen LogP contribution in [0.15, 0.2) is 77.7 Å². The first-order valence-corrected chi connectivity index (χ1v) is 14.1. The van der Waals surface area contributed by atoms with Crippen molar-refractivity contribution in [3.05, 3.63) is 94.2 Å². The summed E-state index contributed by atoms with van der Waals surface area (Å²) in [5, 5.41) is 3.43. The predicted molar refractivity (Wildman–Crippen MR) is 147 cm³/mol. The Balaban J connectivity index is 2.06. The summed E-state index contributed by atoms with van der Waals surface area (Å²) in [6, 6.07) is 16.3. The Morgan fingerprint density at radius 3 is 2.21 bits per heavy atom. The maximum absolute atomic E-state index is 13.9. The normalized spacial score (nSPS) is 12.0. The van der Waals surface area contributed by atoms with Gasteiger partial charge in [0.2, 0.25) is 11.8 Å². The lowest BCUT2D eigenvalue weighted by atomic mass is 10.1. The van der Waals surface area contributed by atoms with E-state index in [2.05, 4.69) is 5.32 Å². The lowest BCUT2D eigenvalue weighted by molar-refractivity contribution is -0.140. The van der Waals surface area contributed by atoms with Crippen LogP contribution in [0.4, 0.5) is 10.1 Å². The summed E-state index contributed by atoms with van der Waals surface area (Å²) in [4.78, 5) is 28.0. The van der Waals surface area contributed by atoms with Gasteiger partial charge < -0.3 is 10.2 Å². The highest BCUT2D eigenvalue weighted by molar-refractivity contribution is 7.92. The molecule has 0 saturated heterocycles. The van der Waals surface area contributed by atoms with Crippen LogP contribution in [-0.2, 0) is 26.2 Å². The fraction of sp³-hybridized carbons (Fsp3) is 0.259. The van der Waals surface area contributed by atoms with Crippen LogP contribution in [0.1, 0.15) is 25.8 Å². The quantitative estimate of drug-likeness (QED) is 0.335. The standard InChI is InChI=1S/C27H28Cl2FN3O4S/c1-3-25(27(35)31-4-2)32(17-19-10-11-20(28)16-24(19)29)26(34)18-33(22-14-12-21(30)13-15-22)38(36,37)23-8-6-5-7-9-23/h5-16,25H,3-4,17-18H2,1-2H3,(H,31,35). The second-order valence-corrected chi connectivity index (χ2v) is 11.1. The molecule has 202 valence electrons. The molecule has 1 atom stereocenters. The highest BCUT2D eigenvalue weighted by Crippen LogP contribution is 2.27. The number of hydrogen-bond acceptors (Lipinski definition) is 4. The smallest absolute Gasteiger partial charge is 0.264 e. The van der Waals surface area contributed by atoms with Gasteiger partial charge in [-0.05, 0) is 67.4 Å². The van der Waals surface area contributed by atoms with Gasteiger partial charge in [-0.3, -0.25) is 13.9 Å². The summed E-state index contributed by atoms with van der Waals surface area (Å²) in [6.07, 6.45) is 0.269. The number of amides is 2. The molecule has 3 rings (SSSR count). The molecule has 3 aromatic rings. The highest BCUT2D eigenvalue weighted by Gasteiger charge is 2.33. The number of halogens is 3. The SMILES string of the molecule is CCNC(=O)C(CC)N(Cc1ccc(Cl)cc1Cl)C(=O)CN(c1ccc(F)cc1)S(=O)(=O)c1ccccc1. The highest BCUT2D eigenvalue weighted by atomic mass is 35.5. The fourth-order valence-electron chi connectivity index (χ4n) is 3.90. The monoisotopic (exact) mass is 579 g/mol. The van der Waals surface area contributed by atoms with Crippen molar-refractivity contribution >= 4 is 50.7 Å². The lowest BCUT2D eigenvalue weighted by Gasteiger charge is -2.33. The first-order valence-electron chi connectivity index (χ1n) is 11.9. The molecule has 7 nitrogen and oxygen atoms in total. The summed E-state index contributed by atoms with van der Waals surface area (Å²) in [5.41, 5.74) is 0.630. The first-order chi connectivity index (χ1) is 18.1. The Morgan fingerprint density at radius 2 is 1.63 bits per heavy atom. The molecule has 1 N–H and O–H groups in total. The van der Waals surface area contributed by atoms with Gasteiger partial charge in [0.15, 0.2) is 0 Å². The Bertz CT molecular complexity index is 1370. The Kier molecular flexibility index (Phi) is 10.1. The average Bonchev–Trinajstić information content (AvgIpc) is 2.89. The van der Waals surface area contributed by atoms with Gasteiger partial charge in [-0.25, -0.2) is 12.8 Å². The summed E-state index contributed by atoms with van der Waals surface area (Å²) in [7, 11) is -4.23.